The van der Waals surface area contributed by atoms with E-state index < -0.39 is 16.9 Å². The summed E-state index contributed by atoms with van der Waals surface area (Å²) in [6.07, 6.45) is -2.79. The molecule has 7 heteroatoms. The van der Waals surface area contributed by atoms with Crippen molar-refractivity contribution in [2.45, 2.75) is 19.8 Å². The van der Waals surface area contributed by atoms with Gasteiger partial charge in [-0.25, -0.2) is 8.78 Å². The highest BCUT2D eigenvalue weighted by molar-refractivity contribution is 7.80. The van der Waals surface area contributed by atoms with Crippen molar-refractivity contribution >= 4 is 22.9 Å². The fourth-order valence-electron chi connectivity index (χ4n) is 1.51. The number of nitro benzene ring substituents is 1. The predicted octanol–water partition coefficient (Wildman–Crippen LogP) is 2.67. The number of nitrogens with two attached hydrogens (primary N) is 1. The van der Waals surface area contributed by atoms with Crippen LogP contribution in [-0.4, -0.2) is 9.91 Å². The van der Waals surface area contributed by atoms with Crippen molar-refractivity contribution in [3.05, 3.63) is 38.9 Å². The van der Waals surface area contributed by atoms with Crippen LogP contribution in [0.4, 0.5) is 14.5 Å². The number of hydrogen-bond donors (Lipinski definition) is 1. The molecule has 0 aliphatic rings. The van der Waals surface area contributed by atoms with Gasteiger partial charge in [-0.3, -0.25) is 10.1 Å². The summed E-state index contributed by atoms with van der Waals surface area (Å²) < 4.78 is 25.5. The molecule has 0 aliphatic heterocycles. The number of nitrogens with zero attached hydrogens (tertiary/aromatic N) is 1. The second kappa shape index (κ2) is 5.13. The van der Waals surface area contributed by atoms with Crippen molar-refractivity contribution in [2.24, 2.45) is 5.73 Å². The molecule has 17 heavy (non-hydrogen) atoms. The molecular formula is C10H10F2N2O2S. The smallest absolute Gasteiger partial charge is 0.272 e. The number of thiocarbonyl (C=S) groups is 1. The molecule has 0 unspecified atom stereocenters. The van der Waals surface area contributed by atoms with E-state index in [-0.39, 0.29) is 22.7 Å². The lowest BCUT2D eigenvalue weighted by Crippen LogP contribution is -2.13. The van der Waals surface area contributed by atoms with Crippen molar-refractivity contribution in [2.75, 3.05) is 0 Å². The van der Waals surface area contributed by atoms with Gasteiger partial charge in [0.15, 0.2) is 0 Å². The van der Waals surface area contributed by atoms with Gasteiger partial charge in [-0.15, -0.1) is 0 Å². The zero-order valence-electron chi connectivity index (χ0n) is 8.94. The highest BCUT2D eigenvalue weighted by atomic mass is 32.1. The third kappa shape index (κ3) is 3.16. The van der Waals surface area contributed by atoms with Gasteiger partial charge < -0.3 is 5.73 Å². The molecule has 92 valence electrons. The van der Waals surface area contributed by atoms with Gasteiger partial charge in [0.05, 0.1) is 9.91 Å². The van der Waals surface area contributed by atoms with E-state index in [9.17, 15) is 18.9 Å². The van der Waals surface area contributed by atoms with Gasteiger partial charge >= 0.3 is 0 Å². The van der Waals surface area contributed by atoms with E-state index in [1.807, 2.05) is 0 Å². The molecule has 0 aliphatic carbocycles. The third-order valence-corrected chi connectivity index (χ3v) is 2.40. The van der Waals surface area contributed by atoms with Crippen molar-refractivity contribution in [1.82, 2.24) is 0 Å². The van der Waals surface area contributed by atoms with Gasteiger partial charge in [-0.1, -0.05) is 12.2 Å². The first-order valence-corrected chi connectivity index (χ1v) is 5.08. The van der Waals surface area contributed by atoms with Crippen molar-refractivity contribution in [3.63, 3.8) is 0 Å². The number of aryl methyl sites for hydroxylation is 1. The fourth-order valence-corrected chi connectivity index (χ4v) is 1.67. The van der Waals surface area contributed by atoms with Crippen LogP contribution >= 0.6 is 12.2 Å². The van der Waals surface area contributed by atoms with Gasteiger partial charge in [0, 0.05) is 23.6 Å². The van der Waals surface area contributed by atoms with Crippen LogP contribution in [0.1, 0.15) is 23.1 Å². The van der Waals surface area contributed by atoms with E-state index in [4.69, 9.17) is 5.73 Å². The Bertz CT molecular complexity index is 478. The molecule has 0 bridgehead atoms. The lowest BCUT2D eigenvalue weighted by molar-refractivity contribution is -0.385. The molecule has 0 atom stereocenters. The van der Waals surface area contributed by atoms with Crippen LogP contribution in [0.5, 0.6) is 0 Å². The SMILES string of the molecule is Cc1cc(CC(N)=S)c(C(F)F)cc1[N+](=O)[O-]. The number of alkyl halides is 2. The van der Waals surface area contributed by atoms with Crippen LogP contribution in [0.3, 0.4) is 0 Å². The summed E-state index contributed by atoms with van der Waals surface area (Å²) in [5.41, 5.74) is 5.12. The fraction of sp³-hybridized carbons (Fsp3) is 0.300. The molecule has 0 saturated carbocycles. The van der Waals surface area contributed by atoms with Gasteiger partial charge in [-0.2, -0.15) is 0 Å². The average Bonchev–Trinajstić information content (AvgIpc) is 2.15. The van der Waals surface area contributed by atoms with Crippen LogP contribution in [-0.2, 0) is 6.42 Å². The Morgan fingerprint density at radius 1 is 1.59 bits per heavy atom. The summed E-state index contributed by atoms with van der Waals surface area (Å²) >= 11 is 4.65. The molecule has 4 nitrogen and oxygen atoms in total. The first kappa shape index (κ1) is 13.4. The maximum absolute atomic E-state index is 12.7. The van der Waals surface area contributed by atoms with Crippen molar-refractivity contribution in [3.8, 4) is 0 Å². The molecule has 0 fully saturated rings. The minimum atomic E-state index is -2.79. The Hall–Kier alpha value is -1.63. The highest BCUT2D eigenvalue weighted by Crippen LogP contribution is 2.30. The Morgan fingerprint density at radius 3 is 2.59 bits per heavy atom. The molecule has 1 aromatic rings. The standard InChI is InChI=1S/C10H10F2N2O2S/c1-5-2-6(3-9(13)17)7(10(11)12)4-8(5)14(15)16/h2,4,10H,3H2,1H3,(H2,13,17). The van der Waals surface area contributed by atoms with Crippen LogP contribution in [0.15, 0.2) is 12.1 Å². The quantitative estimate of drug-likeness (QED) is 0.513. The van der Waals surface area contributed by atoms with E-state index >= 15 is 0 Å². The molecule has 0 spiro atoms. The van der Waals surface area contributed by atoms with E-state index in [1.165, 1.54) is 13.0 Å². The summed E-state index contributed by atoms with van der Waals surface area (Å²) in [5.74, 6) is 0. The second-order valence-corrected chi connectivity index (χ2v) is 4.06. The van der Waals surface area contributed by atoms with Gasteiger partial charge in [0.2, 0.25) is 0 Å². The Labute approximate surface area is 102 Å². The monoisotopic (exact) mass is 260 g/mol. The molecule has 0 aromatic heterocycles. The maximum atomic E-state index is 12.7. The van der Waals surface area contributed by atoms with Gasteiger partial charge in [0.1, 0.15) is 0 Å². The minimum Gasteiger partial charge on any atom is -0.393 e. The van der Waals surface area contributed by atoms with Crippen LogP contribution < -0.4 is 5.73 Å². The Morgan fingerprint density at radius 2 is 2.18 bits per heavy atom. The normalized spacial score (nSPS) is 10.6. The van der Waals surface area contributed by atoms with Crippen LogP contribution in [0, 0.1) is 17.0 Å². The summed E-state index contributed by atoms with van der Waals surface area (Å²) in [7, 11) is 0. The average molecular weight is 260 g/mol. The molecule has 2 N–H and O–H groups in total. The number of rotatable bonds is 4. The van der Waals surface area contributed by atoms with Crippen LogP contribution in [0.25, 0.3) is 0 Å². The van der Waals surface area contributed by atoms with E-state index in [0.717, 1.165) is 6.07 Å². The topological polar surface area (TPSA) is 69.2 Å². The first-order valence-electron chi connectivity index (χ1n) is 4.67. The minimum absolute atomic E-state index is 0.00778. The van der Waals surface area contributed by atoms with Crippen LogP contribution in [0.2, 0.25) is 0 Å². The second-order valence-electron chi connectivity index (χ2n) is 3.54. The largest absolute Gasteiger partial charge is 0.393 e. The number of hydrogen-bond acceptors (Lipinski definition) is 3. The molecule has 1 aromatic carbocycles. The molecular weight excluding hydrogens is 250 g/mol. The number of benzene rings is 1. The molecule has 0 heterocycles. The lowest BCUT2D eigenvalue weighted by atomic mass is 10.0. The zero-order valence-corrected chi connectivity index (χ0v) is 9.76. The van der Waals surface area contributed by atoms with E-state index in [1.54, 1.807) is 0 Å². The summed E-state index contributed by atoms with van der Waals surface area (Å²) in [4.78, 5) is 10.0. The van der Waals surface area contributed by atoms with E-state index in [2.05, 4.69) is 12.2 Å². The number of nitro groups is 1. The number of halogens is 2. The molecule has 1 rings (SSSR count). The highest BCUT2D eigenvalue weighted by Gasteiger charge is 2.20. The maximum Gasteiger partial charge on any atom is 0.272 e. The molecule has 0 saturated heterocycles. The third-order valence-electron chi connectivity index (χ3n) is 2.25. The first-order chi connectivity index (χ1) is 7.82. The summed E-state index contributed by atoms with van der Waals surface area (Å²) in [5, 5.41) is 10.6. The predicted molar refractivity (Wildman–Crippen MR) is 63.3 cm³/mol. The molecule has 0 amide bonds. The van der Waals surface area contributed by atoms with Gasteiger partial charge in [0.25, 0.3) is 12.1 Å². The van der Waals surface area contributed by atoms with E-state index in [0.29, 0.717) is 5.56 Å². The zero-order chi connectivity index (χ0) is 13.2. The Balaban J connectivity index is 3.35. The Kier molecular flexibility index (Phi) is 4.06. The van der Waals surface area contributed by atoms with Gasteiger partial charge in [-0.05, 0) is 18.6 Å². The summed E-state index contributed by atoms with van der Waals surface area (Å²) in [6, 6.07) is 2.21. The molecule has 0 radical (unpaired) electrons. The van der Waals surface area contributed by atoms with Crippen molar-refractivity contribution < 1.29 is 13.7 Å². The van der Waals surface area contributed by atoms with Crippen molar-refractivity contribution in [1.29, 1.82) is 0 Å². The lowest BCUT2D eigenvalue weighted by Gasteiger charge is -2.09. The summed E-state index contributed by atoms with van der Waals surface area (Å²) in [6.45, 7) is 1.48.